The highest BCUT2D eigenvalue weighted by Gasteiger charge is 2.14. The highest BCUT2D eigenvalue weighted by Crippen LogP contribution is 2.30. The molecule has 1 amide bonds. The van der Waals surface area contributed by atoms with Gasteiger partial charge in [-0.15, -0.1) is 6.58 Å². The summed E-state index contributed by atoms with van der Waals surface area (Å²) in [6.45, 7) is 5.80. The normalized spacial score (nSPS) is 9.95. The Morgan fingerprint density at radius 3 is 2.37 bits per heavy atom. The van der Waals surface area contributed by atoms with Gasteiger partial charge in [-0.25, -0.2) is 0 Å². The van der Waals surface area contributed by atoms with Crippen molar-refractivity contribution < 1.29 is 4.79 Å². The number of amides is 1. The Kier molecular flexibility index (Phi) is 4.14. The molecule has 2 heteroatoms. The first-order chi connectivity index (χ1) is 9.24. The summed E-state index contributed by atoms with van der Waals surface area (Å²) in [5.74, 6) is 0.0169. The maximum Gasteiger partial charge on any atom is 0.224 e. The Labute approximate surface area is 114 Å². The average molecular weight is 251 g/mol. The summed E-state index contributed by atoms with van der Waals surface area (Å²) in [6.07, 6.45) is 1.74. The molecule has 0 spiro atoms. The summed E-state index contributed by atoms with van der Waals surface area (Å²) in [5, 5.41) is 0. The van der Waals surface area contributed by atoms with E-state index in [0.29, 0.717) is 6.54 Å². The third kappa shape index (κ3) is 2.91. The van der Waals surface area contributed by atoms with Crippen molar-refractivity contribution in [1.29, 1.82) is 0 Å². The molecule has 0 saturated carbocycles. The van der Waals surface area contributed by atoms with Crippen molar-refractivity contribution in [3.8, 4) is 11.1 Å². The molecule has 2 rings (SSSR count). The minimum atomic E-state index is 0.0169. The van der Waals surface area contributed by atoms with Crippen LogP contribution in [-0.4, -0.2) is 12.5 Å². The second kappa shape index (κ2) is 6.01. The van der Waals surface area contributed by atoms with Crippen LogP contribution >= 0.6 is 0 Å². The number of para-hydroxylation sites is 1. The van der Waals surface area contributed by atoms with Crippen LogP contribution in [0.5, 0.6) is 0 Å². The lowest BCUT2D eigenvalue weighted by Gasteiger charge is -2.22. The van der Waals surface area contributed by atoms with Gasteiger partial charge in [-0.1, -0.05) is 54.6 Å². The van der Waals surface area contributed by atoms with Gasteiger partial charge in [-0.2, -0.15) is 0 Å². The summed E-state index contributed by atoms with van der Waals surface area (Å²) in [5.41, 5.74) is 3.08. The molecule has 0 saturated heterocycles. The molecule has 19 heavy (non-hydrogen) atoms. The van der Waals surface area contributed by atoms with E-state index in [1.54, 1.807) is 17.9 Å². The fourth-order valence-electron chi connectivity index (χ4n) is 2.10. The Hall–Kier alpha value is -2.35. The Morgan fingerprint density at radius 1 is 1.11 bits per heavy atom. The summed E-state index contributed by atoms with van der Waals surface area (Å²) in [6, 6.07) is 18.0. The molecule has 0 radical (unpaired) electrons. The van der Waals surface area contributed by atoms with Crippen molar-refractivity contribution in [2.24, 2.45) is 0 Å². The van der Waals surface area contributed by atoms with Crippen LogP contribution in [0, 0.1) is 0 Å². The number of hydrogen-bond acceptors (Lipinski definition) is 1. The third-order valence-electron chi connectivity index (χ3n) is 2.97. The van der Waals surface area contributed by atoms with Crippen LogP contribution in [0.3, 0.4) is 0 Å². The number of rotatable bonds is 4. The zero-order chi connectivity index (χ0) is 13.7. The lowest BCUT2D eigenvalue weighted by molar-refractivity contribution is -0.116. The molecule has 0 unspecified atom stereocenters. The Balaban J connectivity index is 2.52. The van der Waals surface area contributed by atoms with E-state index in [1.807, 2.05) is 54.6 Å². The zero-order valence-corrected chi connectivity index (χ0v) is 11.0. The molecule has 0 aliphatic heterocycles. The summed E-state index contributed by atoms with van der Waals surface area (Å²) < 4.78 is 0. The van der Waals surface area contributed by atoms with Crippen molar-refractivity contribution in [3.63, 3.8) is 0 Å². The largest absolute Gasteiger partial charge is 0.308 e. The van der Waals surface area contributed by atoms with Gasteiger partial charge in [0.1, 0.15) is 0 Å². The Morgan fingerprint density at radius 2 is 1.74 bits per heavy atom. The van der Waals surface area contributed by atoms with Crippen LogP contribution in [0.15, 0.2) is 67.3 Å². The topological polar surface area (TPSA) is 20.3 Å². The van der Waals surface area contributed by atoms with Crippen molar-refractivity contribution in [2.75, 3.05) is 11.4 Å². The Bertz CT molecular complexity index is 575. The molecular weight excluding hydrogens is 234 g/mol. The summed E-state index contributed by atoms with van der Waals surface area (Å²) in [4.78, 5) is 13.5. The molecule has 2 aromatic carbocycles. The fourth-order valence-corrected chi connectivity index (χ4v) is 2.10. The molecule has 0 atom stereocenters. The first-order valence-electron chi connectivity index (χ1n) is 6.27. The molecule has 0 aromatic heterocycles. The van der Waals surface area contributed by atoms with E-state index in [-0.39, 0.29) is 5.91 Å². The molecular formula is C17H17NO. The number of nitrogens with zero attached hydrogens (tertiary/aromatic N) is 1. The lowest BCUT2D eigenvalue weighted by atomic mass is 10.0. The molecule has 0 bridgehead atoms. The van der Waals surface area contributed by atoms with E-state index < -0.39 is 0 Å². The van der Waals surface area contributed by atoms with Crippen molar-refractivity contribution in [3.05, 3.63) is 67.3 Å². The highest BCUT2D eigenvalue weighted by molar-refractivity contribution is 5.96. The van der Waals surface area contributed by atoms with Crippen LogP contribution in [0.2, 0.25) is 0 Å². The van der Waals surface area contributed by atoms with Gasteiger partial charge in [0.05, 0.1) is 5.69 Å². The van der Waals surface area contributed by atoms with Crippen LogP contribution in [-0.2, 0) is 4.79 Å². The monoisotopic (exact) mass is 251 g/mol. The molecule has 96 valence electrons. The van der Waals surface area contributed by atoms with E-state index in [0.717, 1.165) is 16.8 Å². The number of carbonyl (C=O) groups excluding carboxylic acids is 1. The van der Waals surface area contributed by atoms with Gasteiger partial charge in [0, 0.05) is 19.0 Å². The van der Waals surface area contributed by atoms with E-state index in [2.05, 4.69) is 6.58 Å². The third-order valence-corrected chi connectivity index (χ3v) is 2.97. The molecule has 2 nitrogen and oxygen atoms in total. The molecule has 0 heterocycles. The van der Waals surface area contributed by atoms with Crippen molar-refractivity contribution in [1.82, 2.24) is 0 Å². The fraction of sp³-hybridized carbons (Fsp3) is 0.118. The zero-order valence-electron chi connectivity index (χ0n) is 11.0. The minimum absolute atomic E-state index is 0.0169. The quantitative estimate of drug-likeness (QED) is 0.755. The average Bonchev–Trinajstić information content (AvgIpc) is 2.45. The first kappa shape index (κ1) is 13.1. The van der Waals surface area contributed by atoms with Crippen LogP contribution < -0.4 is 4.90 Å². The van der Waals surface area contributed by atoms with Gasteiger partial charge in [0.25, 0.3) is 0 Å². The highest BCUT2D eigenvalue weighted by atomic mass is 16.2. The number of carbonyl (C=O) groups is 1. The van der Waals surface area contributed by atoms with Gasteiger partial charge in [-0.3, -0.25) is 4.79 Å². The number of benzene rings is 2. The molecule has 0 fully saturated rings. The number of anilines is 1. The maximum absolute atomic E-state index is 11.8. The van der Waals surface area contributed by atoms with Crippen LogP contribution in [0.4, 0.5) is 5.69 Å². The van der Waals surface area contributed by atoms with E-state index >= 15 is 0 Å². The second-order valence-corrected chi connectivity index (χ2v) is 4.30. The predicted molar refractivity (Wildman–Crippen MR) is 80.1 cm³/mol. The van der Waals surface area contributed by atoms with Gasteiger partial charge in [-0.05, 0) is 11.6 Å². The first-order valence-corrected chi connectivity index (χ1v) is 6.27. The molecule has 2 aromatic rings. The SMILES string of the molecule is C=CCN(C(C)=O)c1ccccc1-c1ccccc1. The predicted octanol–water partition coefficient (Wildman–Crippen LogP) is 3.89. The van der Waals surface area contributed by atoms with E-state index in [9.17, 15) is 4.79 Å². The van der Waals surface area contributed by atoms with E-state index in [4.69, 9.17) is 0 Å². The van der Waals surface area contributed by atoms with Gasteiger partial charge < -0.3 is 4.90 Å². The minimum Gasteiger partial charge on any atom is -0.308 e. The second-order valence-electron chi connectivity index (χ2n) is 4.30. The standard InChI is InChI=1S/C17H17NO/c1-3-13-18(14(2)19)17-12-8-7-11-16(17)15-9-5-4-6-10-15/h3-12H,1,13H2,2H3. The lowest BCUT2D eigenvalue weighted by Crippen LogP contribution is -2.28. The van der Waals surface area contributed by atoms with Crippen molar-refractivity contribution in [2.45, 2.75) is 6.92 Å². The van der Waals surface area contributed by atoms with E-state index in [1.165, 1.54) is 0 Å². The number of hydrogen-bond donors (Lipinski definition) is 0. The van der Waals surface area contributed by atoms with Gasteiger partial charge in [0.15, 0.2) is 0 Å². The summed E-state index contributed by atoms with van der Waals surface area (Å²) >= 11 is 0. The van der Waals surface area contributed by atoms with Crippen LogP contribution in [0.25, 0.3) is 11.1 Å². The van der Waals surface area contributed by atoms with Gasteiger partial charge in [0.2, 0.25) is 5.91 Å². The maximum atomic E-state index is 11.8. The summed E-state index contributed by atoms with van der Waals surface area (Å²) in [7, 11) is 0. The van der Waals surface area contributed by atoms with Crippen molar-refractivity contribution >= 4 is 11.6 Å². The van der Waals surface area contributed by atoms with Gasteiger partial charge >= 0.3 is 0 Å². The molecule has 0 aliphatic carbocycles. The molecule has 0 N–H and O–H groups in total. The smallest absolute Gasteiger partial charge is 0.224 e. The molecule has 0 aliphatic rings. The van der Waals surface area contributed by atoms with Crippen LogP contribution in [0.1, 0.15) is 6.92 Å².